The number of carbonyl (C=O) groups is 1. The minimum Gasteiger partial charge on any atom is -0.478 e. The molecule has 1 aromatic heterocycles. The fourth-order valence-corrected chi connectivity index (χ4v) is 1.52. The van der Waals surface area contributed by atoms with Gasteiger partial charge in [0.25, 0.3) is 0 Å². The van der Waals surface area contributed by atoms with Crippen LogP contribution in [-0.4, -0.2) is 20.9 Å². The molecule has 0 amide bonds. The van der Waals surface area contributed by atoms with E-state index in [-0.39, 0.29) is 12.1 Å². The van der Waals surface area contributed by atoms with Crippen LogP contribution in [0.3, 0.4) is 0 Å². The Morgan fingerprint density at radius 2 is 2.20 bits per heavy atom. The van der Waals surface area contributed by atoms with Gasteiger partial charge in [0.15, 0.2) is 0 Å². The van der Waals surface area contributed by atoms with Crippen molar-refractivity contribution in [1.29, 1.82) is 0 Å². The molecule has 1 aromatic rings. The summed E-state index contributed by atoms with van der Waals surface area (Å²) in [4.78, 5) is 10.9. The van der Waals surface area contributed by atoms with E-state index in [1.54, 1.807) is 13.8 Å². The van der Waals surface area contributed by atoms with Crippen LogP contribution < -0.4 is 0 Å². The fourth-order valence-electron chi connectivity index (χ4n) is 1.34. The number of aromatic carboxylic acids is 1. The summed E-state index contributed by atoms with van der Waals surface area (Å²) < 4.78 is 1.51. The third-order valence-electron chi connectivity index (χ3n) is 2.01. The monoisotopic (exact) mass is 248 g/mol. The van der Waals surface area contributed by atoms with E-state index in [0.717, 1.165) is 0 Å². The van der Waals surface area contributed by atoms with Crippen molar-refractivity contribution < 1.29 is 9.90 Å². The predicted molar refractivity (Wildman–Crippen MR) is 58.4 cm³/mol. The van der Waals surface area contributed by atoms with Gasteiger partial charge >= 0.3 is 5.97 Å². The zero-order chi connectivity index (χ0) is 11.6. The molecule has 6 heteroatoms. The first kappa shape index (κ1) is 12.1. The van der Waals surface area contributed by atoms with Crippen LogP contribution >= 0.6 is 23.2 Å². The van der Waals surface area contributed by atoms with Crippen molar-refractivity contribution in [2.75, 3.05) is 0 Å². The summed E-state index contributed by atoms with van der Waals surface area (Å²) in [6, 6.07) is 0. The summed E-state index contributed by atoms with van der Waals surface area (Å²) in [5.74, 6) is -0.984. The molecule has 1 rings (SSSR count). The highest BCUT2D eigenvalue weighted by Crippen LogP contribution is 2.15. The number of carboxylic acid groups (broad SMARTS) is 1. The molecule has 0 unspecified atom stereocenters. The van der Waals surface area contributed by atoms with E-state index in [4.69, 9.17) is 28.3 Å². The summed E-state index contributed by atoms with van der Waals surface area (Å²) in [5, 5.41) is 13.4. The molecule has 0 spiro atoms. The van der Waals surface area contributed by atoms with Gasteiger partial charge in [0.1, 0.15) is 5.56 Å². The van der Waals surface area contributed by atoms with Crippen molar-refractivity contribution in [3.8, 4) is 0 Å². The summed E-state index contributed by atoms with van der Waals surface area (Å²) in [6.07, 6.45) is 0. The average Bonchev–Trinajstić information content (AvgIpc) is 2.41. The molecule has 0 aromatic carbocycles. The second-order valence-electron chi connectivity index (χ2n) is 3.06. The molecular weight excluding hydrogens is 239 g/mol. The highest BCUT2D eigenvalue weighted by atomic mass is 35.5. The van der Waals surface area contributed by atoms with Crippen molar-refractivity contribution in [1.82, 2.24) is 9.78 Å². The number of nitrogens with zero attached hydrogens (tertiary/aromatic N) is 2. The molecule has 0 saturated carbocycles. The molecule has 4 nitrogen and oxygen atoms in total. The summed E-state index contributed by atoms with van der Waals surface area (Å²) in [7, 11) is 0. The van der Waals surface area contributed by atoms with Gasteiger partial charge in [-0.25, -0.2) is 4.79 Å². The van der Waals surface area contributed by atoms with Crippen LogP contribution in [0.25, 0.3) is 0 Å². The van der Waals surface area contributed by atoms with Crippen LogP contribution in [-0.2, 0) is 6.54 Å². The highest BCUT2D eigenvalue weighted by Gasteiger charge is 2.17. The maximum Gasteiger partial charge on any atom is 0.339 e. The zero-order valence-electron chi connectivity index (χ0n) is 8.29. The third-order valence-corrected chi connectivity index (χ3v) is 2.62. The Morgan fingerprint density at radius 3 is 2.60 bits per heavy atom. The van der Waals surface area contributed by atoms with Gasteiger partial charge in [0, 0.05) is 5.54 Å². The normalized spacial score (nSPS) is 11.9. The average molecular weight is 249 g/mol. The number of aromatic nitrogens is 2. The standard InChI is InChI=1S/C9H10Cl2N2O2/c1-5-8(9(14)15)6(2)13(12-5)4-7(11)3-10/h3H,4H2,1-2H3,(H,14,15). The van der Waals surface area contributed by atoms with Crippen molar-refractivity contribution in [3.05, 3.63) is 27.5 Å². The smallest absolute Gasteiger partial charge is 0.339 e. The quantitative estimate of drug-likeness (QED) is 0.895. The number of aryl methyl sites for hydroxylation is 1. The second kappa shape index (κ2) is 4.68. The van der Waals surface area contributed by atoms with Crippen LogP contribution in [0, 0.1) is 13.8 Å². The van der Waals surface area contributed by atoms with Crippen molar-refractivity contribution in [3.63, 3.8) is 0 Å². The van der Waals surface area contributed by atoms with Crippen LogP contribution in [0.5, 0.6) is 0 Å². The van der Waals surface area contributed by atoms with Gasteiger partial charge in [-0.15, -0.1) is 0 Å². The maximum absolute atomic E-state index is 10.9. The number of rotatable bonds is 3. The van der Waals surface area contributed by atoms with E-state index in [1.165, 1.54) is 10.2 Å². The summed E-state index contributed by atoms with van der Waals surface area (Å²) in [6.45, 7) is 3.61. The highest BCUT2D eigenvalue weighted by molar-refractivity contribution is 6.36. The Bertz CT molecular complexity index is 424. The number of allylic oxidation sites excluding steroid dienone is 1. The molecule has 0 aliphatic carbocycles. The molecule has 0 aliphatic rings. The van der Waals surface area contributed by atoms with Gasteiger partial charge in [-0.1, -0.05) is 23.2 Å². The van der Waals surface area contributed by atoms with Crippen molar-refractivity contribution in [2.24, 2.45) is 0 Å². The van der Waals surface area contributed by atoms with Crippen LogP contribution in [0.2, 0.25) is 0 Å². The van der Waals surface area contributed by atoms with E-state index in [2.05, 4.69) is 5.10 Å². The Labute approximate surface area is 97.1 Å². The van der Waals surface area contributed by atoms with Crippen molar-refractivity contribution >= 4 is 29.2 Å². The van der Waals surface area contributed by atoms with Crippen LogP contribution in [0.1, 0.15) is 21.7 Å². The van der Waals surface area contributed by atoms with Gasteiger partial charge in [-0.2, -0.15) is 5.10 Å². The van der Waals surface area contributed by atoms with Gasteiger partial charge in [0.2, 0.25) is 0 Å². The van der Waals surface area contributed by atoms with E-state index in [9.17, 15) is 4.79 Å². The number of hydrogen-bond donors (Lipinski definition) is 1. The van der Waals surface area contributed by atoms with Gasteiger partial charge in [-0.05, 0) is 13.8 Å². The molecule has 1 N–H and O–H groups in total. The summed E-state index contributed by atoms with van der Waals surface area (Å²) >= 11 is 11.1. The SMILES string of the molecule is Cc1nn(CC(Cl)=CCl)c(C)c1C(=O)O. The third kappa shape index (κ3) is 2.52. The largest absolute Gasteiger partial charge is 0.478 e. The Balaban J connectivity index is 3.12. The Kier molecular flexibility index (Phi) is 3.77. The molecule has 0 radical (unpaired) electrons. The molecule has 0 fully saturated rings. The van der Waals surface area contributed by atoms with E-state index in [1.807, 2.05) is 0 Å². The molecule has 0 saturated heterocycles. The lowest BCUT2D eigenvalue weighted by Crippen LogP contribution is -2.04. The first-order valence-corrected chi connectivity index (χ1v) is 5.01. The molecule has 82 valence electrons. The molecular formula is C9H10Cl2N2O2. The van der Waals surface area contributed by atoms with Gasteiger partial charge in [-0.3, -0.25) is 4.68 Å². The Morgan fingerprint density at radius 1 is 1.60 bits per heavy atom. The van der Waals surface area contributed by atoms with E-state index >= 15 is 0 Å². The zero-order valence-corrected chi connectivity index (χ0v) is 9.80. The first-order valence-electron chi connectivity index (χ1n) is 4.19. The van der Waals surface area contributed by atoms with Gasteiger partial charge < -0.3 is 5.11 Å². The molecule has 1 heterocycles. The number of carboxylic acids is 1. The predicted octanol–water partition coefficient (Wildman–Crippen LogP) is 2.52. The lowest BCUT2D eigenvalue weighted by atomic mass is 10.2. The van der Waals surface area contributed by atoms with Crippen LogP contribution in [0.15, 0.2) is 10.6 Å². The minimum absolute atomic E-state index is 0.217. The minimum atomic E-state index is -0.984. The van der Waals surface area contributed by atoms with E-state index in [0.29, 0.717) is 16.4 Å². The lowest BCUT2D eigenvalue weighted by Gasteiger charge is -2.02. The van der Waals surface area contributed by atoms with Crippen LogP contribution in [0.4, 0.5) is 0 Å². The number of hydrogen-bond acceptors (Lipinski definition) is 2. The molecule has 0 atom stereocenters. The lowest BCUT2D eigenvalue weighted by molar-refractivity contribution is 0.0695. The maximum atomic E-state index is 10.9. The fraction of sp³-hybridized carbons (Fsp3) is 0.333. The topological polar surface area (TPSA) is 55.1 Å². The molecule has 15 heavy (non-hydrogen) atoms. The molecule has 0 bridgehead atoms. The van der Waals surface area contributed by atoms with Gasteiger partial charge in [0.05, 0.1) is 23.0 Å². The Hall–Kier alpha value is -1.00. The number of halogens is 2. The second-order valence-corrected chi connectivity index (χ2v) is 3.77. The summed E-state index contributed by atoms with van der Waals surface area (Å²) in [5.41, 5.74) is 2.49. The molecule has 0 aliphatic heterocycles. The van der Waals surface area contributed by atoms with Crippen molar-refractivity contribution in [2.45, 2.75) is 20.4 Å². The van der Waals surface area contributed by atoms with E-state index < -0.39 is 5.97 Å². The first-order chi connectivity index (χ1) is 6.97.